The van der Waals surface area contributed by atoms with Crippen LogP contribution in [0.2, 0.25) is 0 Å². The molecule has 0 aliphatic carbocycles. The average molecular weight is 276 g/mol. The van der Waals surface area contributed by atoms with E-state index in [1.165, 1.54) is 5.56 Å². The number of benzene rings is 1. The van der Waals surface area contributed by atoms with Crippen LogP contribution in [-0.4, -0.2) is 11.0 Å². The van der Waals surface area contributed by atoms with E-state index in [0.717, 1.165) is 23.2 Å². The van der Waals surface area contributed by atoms with E-state index in [4.69, 9.17) is 4.74 Å². The van der Waals surface area contributed by atoms with Crippen molar-refractivity contribution in [2.45, 2.75) is 13.3 Å². The second-order valence-corrected chi connectivity index (χ2v) is 3.74. The minimum atomic E-state index is 0.827. The lowest BCUT2D eigenvalue weighted by atomic mass is 10.2. The highest BCUT2D eigenvalue weighted by atomic mass is 127. The van der Waals surface area contributed by atoms with Crippen LogP contribution in [0.5, 0.6) is 5.75 Å². The van der Waals surface area contributed by atoms with Crippen molar-refractivity contribution in [1.29, 1.82) is 0 Å². The van der Waals surface area contributed by atoms with Gasteiger partial charge in [0.15, 0.2) is 0 Å². The molecule has 0 heterocycles. The summed E-state index contributed by atoms with van der Waals surface area (Å²) in [6, 6.07) is 8.12. The number of para-hydroxylation sites is 1. The van der Waals surface area contributed by atoms with Crippen molar-refractivity contribution in [3.8, 4) is 5.75 Å². The van der Waals surface area contributed by atoms with Crippen LogP contribution in [-0.2, 0) is 0 Å². The molecule has 66 valence electrons. The SMILES string of the molecule is Cc1ccccc1OCCCI. The first-order valence-corrected chi connectivity index (χ1v) is 5.61. The molecule has 0 unspecified atom stereocenters. The zero-order valence-electron chi connectivity index (χ0n) is 7.22. The highest BCUT2D eigenvalue weighted by Gasteiger charge is 1.95. The van der Waals surface area contributed by atoms with Gasteiger partial charge in [-0.3, -0.25) is 0 Å². The van der Waals surface area contributed by atoms with Crippen molar-refractivity contribution < 1.29 is 4.74 Å². The second-order valence-electron chi connectivity index (χ2n) is 2.66. The molecule has 0 radical (unpaired) electrons. The lowest BCUT2D eigenvalue weighted by molar-refractivity contribution is 0.317. The zero-order valence-corrected chi connectivity index (χ0v) is 9.37. The molecule has 0 aromatic heterocycles. The summed E-state index contributed by atoms with van der Waals surface area (Å²) >= 11 is 2.36. The number of aryl methyl sites for hydroxylation is 1. The third kappa shape index (κ3) is 3.01. The Morgan fingerprint density at radius 1 is 1.33 bits per heavy atom. The van der Waals surface area contributed by atoms with Crippen LogP contribution in [0.1, 0.15) is 12.0 Å². The molecule has 0 spiro atoms. The quantitative estimate of drug-likeness (QED) is 0.466. The Bertz CT molecular complexity index is 235. The third-order valence-electron chi connectivity index (χ3n) is 1.63. The molecule has 0 N–H and O–H groups in total. The van der Waals surface area contributed by atoms with Crippen molar-refractivity contribution in [2.75, 3.05) is 11.0 Å². The van der Waals surface area contributed by atoms with Gasteiger partial charge in [-0.05, 0) is 25.0 Å². The molecule has 0 aliphatic heterocycles. The number of hydrogen-bond acceptors (Lipinski definition) is 1. The molecule has 12 heavy (non-hydrogen) atoms. The van der Waals surface area contributed by atoms with Crippen LogP contribution in [0, 0.1) is 6.92 Å². The van der Waals surface area contributed by atoms with Crippen LogP contribution in [0.3, 0.4) is 0 Å². The predicted molar refractivity (Wildman–Crippen MR) is 60.2 cm³/mol. The summed E-state index contributed by atoms with van der Waals surface area (Å²) in [5, 5.41) is 0. The zero-order chi connectivity index (χ0) is 8.81. The van der Waals surface area contributed by atoms with E-state index in [-0.39, 0.29) is 0 Å². The fourth-order valence-electron chi connectivity index (χ4n) is 0.955. The Kier molecular flexibility index (Phi) is 4.43. The minimum absolute atomic E-state index is 0.827. The first kappa shape index (κ1) is 9.84. The fourth-order valence-corrected chi connectivity index (χ4v) is 1.27. The molecule has 0 saturated carbocycles. The highest BCUT2D eigenvalue weighted by molar-refractivity contribution is 14.1. The number of hydrogen-bond donors (Lipinski definition) is 0. The van der Waals surface area contributed by atoms with Crippen LogP contribution < -0.4 is 4.74 Å². The topological polar surface area (TPSA) is 9.23 Å². The van der Waals surface area contributed by atoms with Crippen molar-refractivity contribution >= 4 is 22.6 Å². The second kappa shape index (κ2) is 5.41. The minimum Gasteiger partial charge on any atom is -0.493 e. The largest absolute Gasteiger partial charge is 0.493 e. The first-order chi connectivity index (χ1) is 5.84. The smallest absolute Gasteiger partial charge is 0.122 e. The highest BCUT2D eigenvalue weighted by Crippen LogP contribution is 2.16. The van der Waals surface area contributed by atoms with E-state index < -0.39 is 0 Å². The molecule has 1 aromatic rings. The normalized spacial score (nSPS) is 9.83. The van der Waals surface area contributed by atoms with Gasteiger partial charge < -0.3 is 4.74 Å². The number of alkyl halides is 1. The lowest BCUT2D eigenvalue weighted by Crippen LogP contribution is -1.98. The molecule has 0 bridgehead atoms. The first-order valence-electron chi connectivity index (χ1n) is 4.09. The Hall–Kier alpha value is -0.250. The maximum atomic E-state index is 5.57. The number of ether oxygens (including phenoxy) is 1. The van der Waals surface area contributed by atoms with Gasteiger partial charge in [0.05, 0.1) is 6.61 Å². The molecule has 1 nitrogen and oxygen atoms in total. The maximum Gasteiger partial charge on any atom is 0.122 e. The summed E-state index contributed by atoms with van der Waals surface area (Å²) in [5.41, 5.74) is 1.21. The summed E-state index contributed by atoms with van der Waals surface area (Å²) in [6.07, 6.45) is 1.12. The average Bonchev–Trinajstić information content (AvgIpc) is 2.09. The molecule has 2 heteroatoms. The molecule has 0 atom stereocenters. The number of rotatable bonds is 4. The van der Waals surface area contributed by atoms with E-state index in [1.54, 1.807) is 0 Å². The van der Waals surface area contributed by atoms with E-state index in [0.29, 0.717) is 0 Å². The van der Waals surface area contributed by atoms with Gasteiger partial charge >= 0.3 is 0 Å². The van der Waals surface area contributed by atoms with E-state index in [2.05, 4.69) is 35.6 Å². The Morgan fingerprint density at radius 2 is 2.08 bits per heavy atom. The Labute approximate surface area is 87.3 Å². The fraction of sp³-hybridized carbons (Fsp3) is 0.400. The van der Waals surface area contributed by atoms with Gasteiger partial charge in [-0.2, -0.15) is 0 Å². The lowest BCUT2D eigenvalue weighted by Gasteiger charge is -2.06. The molecular weight excluding hydrogens is 263 g/mol. The van der Waals surface area contributed by atoms with Gasteiger partial charge in [0, 0.05) is 4.43 Å². The molecular formula is C10H13IO. The molecule has 0 saturated heterocycles. The summed E-state index contributed by atoms with van der Waals surface area (Å²) < 4.78 is 6.73. The van der Waals surface area contributed by atoms with Gasteiger partial charge in [0.2, 0.25) is 0 Å². The van der Waals surface area contributed by atoms with E-state index >= 15 is 0 Å². The summed E-state index contributed by atoms with van der Waals surface area (Å²) in [7, 11) is 0. The summed E-state index contributed by atoms with van der Waals surface area (Å²) in [4.78, 5) is 0. The van der Waals surface area contributed by atoms with Crippen LogP contribution in [0.25, 0.3) is 0 Å². The van der Waals surface area contributed by atoms with Gasteiger partial charge in [-0.15, -0.1) is 0 Å². The maximum absolute atomic E-state index is 5.57. The molecule has 1 aromatic carbocycles. The van der Waals surface area contributed by atoms with Crippen LogP contribution >= 0.6 is 22.6 Å². The van der Waals surface area contributed by atoms with Crippen molar-refractivity contribution in [3.05, 3.63) is 29.8 Å². The molecule has 0 aliphatic rings. The van der Waals surface area contributed by atoms with Gasteiger partial charge in [0.1, 0.15) is 5.75 Å². The van der Waals surface area contributed by atoms with Crippen molar-refractivity contribution in [1.82, 2.24) is 0 Å². The van der Waals surface area contributed by atoms with Crippen LogP contribution in [0.15, 0.2) is 24.3 Å². The Morgan fingerprint density at radius 3 is 2.75 bits per heavy atom. The standard InChI is InChI=1S/C10H13IO/c1-9-5-2-3-6-10(9)12-8-4-7-11/h2-3,5-6H,4,7-8H2,1H3. The van der Waals surface area contributed by atoms with E-state index in [1.807, 2.05) is 18.2 Å². The number of halogens is 1. The van der Waals surface area contributed by atoms with Crippen LogP contribution in [0.4, 0.5) is 0 Å². The molecule has 0 amide bonds. The Balaban J connectivity index is 2.46. The van der Waals surface area contributed by atoms with Gasteiger partial charge in [-0.1, -0.05) is 40.8 Å². The third-order valence-corrected chi connectivity index (χ3v) is 2.39. The van der Waals surface area contributed by atoms with E-state index in [9.17, 15) is 0 Å². The summed E-state index contributed by atoms with van der Waals surface area (Å²) in [5.74, 6) is 1.02. The van der Waals surface area contributed by atoms with Gasteiger partial charge in [-0.25, -0.2) is 0 Å². The molecule has 0 fully saturated rings. The van der Waals surface area contributed by atoms with Crippen molar-refractivity contribution in [3.63, 3.8) is 0 Å². The monoisotopic (exact) mass is 276 g/mol. The molecule has 1 rings (SSSR count). The predicted octanol–water partition coefficient (Wildman–Crippen LogP) is 3.20. The van der Waals surface area contributed by atoms with Crippen molar-refractivity contribution in [2.24, 2.45) is 0 Å². The van der Waals surface area contributed by atoms with Gasteiger partial charge in [0.25, 0.3) is 0 Å². The summed E-state index contributed by atoms with van der Waals surface area (Å²) in [6.45, 7) is 2.90.